The highest BCUT2D eigenvalue weighted by atomic mass is 35.5. The summed E-state index contributed by atoms with van der Waals surface area (Å²) in [6.45, 7) is 6.05. The van der Waals surface area contributed by atoms with Gasteiger partial charge in [0.2, 0.25) is 0 Å². The fraction of sp³-hybridized carbons (Fsp3) is 0.353. The number of hydrogen-bond donors (Lipinski definition) is 1. The molecule has 2 unspecified atom stereocenters. The molecule has 0 radical (unpaired) electrons. The molecule has 2 aliphatic heterocycles. The van der Waals surface area contributed by atoms with Crippen molar-refractivity contribution in [2.45, 2.75) is 33.0 Å². The maximum absolute atomic E-state index is 6.37. The van der Waals surface area contributed by atoms with Crippen molar-refractivity contribution in [1.29, 1.82) is 0 Å². The Labute approximate surface area is 145 Å². The van der Waals surface area contributed by atoms with E-state index < -0.39 is 0 Å². The number of aromatic nitrogens is 2. The van der Waals surface area contributed by atoms with Crippen LogP contribution in [0.25, 0.3) is 0 Å². The minimum atomic E-state index is -0.0271. The third kappa shape index (κ3) is 2.13. The molecule has 2 aromatic rings. The molecule has 0 fully saturated rings. The number of rotatable bonds is 1. The van der Waals surface area contributed by atoms with E-state index in [-0.39, 0.29) is 12.2 Å². The molecule has 0 bridgehead atoms. The molecule has 3 heterocycles. The Morgan fingerprint density at radius 1 is 1.21 bits per heavy atom. The van der Waals surface area contributed by atoms with Crippen LogP contribution in [0.4, 0.5) is 5.69 Å². The zero-order chi connectivity index (χ0) is 17.0. The molecular formula is C17H19ClN6. The van der Waals surface area contributed by atoms with E-state index >= 15 is 0 Å². The number of aliphatic imine (C=N–C) groups is 1. The summed E-state index contributed by atoms with van der Waals surface area (Å²) in [5.74, 6) is 1.72. The topological polar surface area (TPSA) is 57.8 Å². The second kappa shape index (κ2) is 5.34. The first-order valence-corrected chi connectivity index (χ1v) is 8.27. The molecule has 0 spiro atoms. The fourth-order valence-corrected chi connectivity index (χ4v) is 3.70. The first kappa shape index (κ1) is 15.2. The number of nitrogens with one attached hydrogen (secondary N) is 1. The second-order valence-electron chi connectivity index (χ2n) is 6.27. The van der Waals surface area contributed by atoms with Crippen molar-refractivity contribution in [1.82, 2.24) is 14.6 Å². The van der Waals surface area contributed by atoms with Gasteiger partial charge >= 0.3 is 0 Å². The van der Waals surface area contributed by atoms with Crippen LogP contribution in [0, 0.1) is 13.8 Å². The lowest BCUT2D eigenvalue weighted by atomic mass is 10.1. The number of para-hydroxylation sites is 1. The number of imidazole rings is 1. The van der Waals surface area contributed by atoms with Crippen molar-refractivity contribution in [3.05, 3.63) is 46.5 Å². The average molecular weight is 343 g/mol. The number of halogens is 1. The van der Waals surface area contributed by atoms with E-state index in [0.29, 0.717) is 5.02 Å². The van der Waals surface area contributed by atoms with Gasteiger partial charge in [0.1, 0.15) is 17.6 Å². The summed E-state index contributed by atoms with van der Waals surface area (Å²) in [4.78, 5) is 9.41. The predicted molar refractivity (Wildman–Crippen MR) is 97.0 cm³/mol. The van der Waals surface area contributed by atoms with Gasteiger partial charge < -0.3 is 9.88 Å². The Bertz CT molecular complexity index is 861. The molecule has 24 heavy (non-hydrogen) atoms. The molecule has 7 heteroatoms. The van der Waals surface area contributed by atoms with Crippen LogP contribution in [0.2, 0.25) is 5.02 Å². The van der Waals surface area contributed by atoms with Gasteiger partial charge in [-0.2, -0.15) is 5.10 Å². The summed E-state index contributed by atoms with van der Waals surface area (Å²) < 4.78 is 2.19. The van der Waals surface area contributed by atoms with Crippen molar-refractivity contribution in [2.75, 3.05) is 12.4 Å². The summed E-state index contributed by atoms with van der Waals surface area (Å²) in [5, 5.41) is 10.6. The lowest BCUT2D eigenvalue weighted by Gasteiger charge is -2.31. The highest BCUT2D eigenvalue weighted by molar-refractivity contribution is 6.34. The molecule has 0 saturated carbocycles. The van der Waals surface area contributed by atoms with Gasteiger partial charge in [0.05, 0.1) is 22.6 Å². The van der Waals surface area contributed by atoms with Crippen molar-refractivity contribution in [2.24, 2.45) is 10.1 Å². The Morgan fingerprint density at radius 2 is 2.00 bits per heavy atom. The smallest absolute Gasteiger partial charge is 0.152 e. The Kier molecular flexibility index (Phi) is 3.38. The predicted octanol–water partition coefficient (Wildman–Crippen LogP) is 3.21. The number of benzene rings is 1. The first-order valence-electron chi connectivity index (χ1n) is 7.89. The van der Waals surface area contributed by atoms with Gasteiger partial charge in [-0.3, -0.25) is 10.0 Å². The van der Waals surface area contributed by atoms with Crippen molar-refractivity contribution >= 4 is 28.8 Å². The van der Waals surface area contributed by atoms with E-state index in [1.165, 1.54) is 0 Å². The lowest BCUT2D eigenvalue weighted by molar-refractivity contribution is 0.193. The number of anilines is 1. The standard InChI is InChI=1S/C17H19ClN6/c1-9-6-5-7-12(18)14(9)20-16-13-8-19-11(3)24(13)17-15(21-16)10(2)22-23(17)4/h5-8,15,17H,1-4H3,(H,20,21). The minimum Gasteiger partial charge on any atom is -0.337 e. The summed E-state index contributed by atoms with van der Waals surface area (Å²) >= 11 is 6.37. The van der Waals surface area contributed by atoms with Gasteiger partial charge in [-0.15, -0.1) is 0 Å². The number of hydrogen-bond acceptors (Lipinski definition) is 5. The normalized spacial score (nSPS) is 22.0. The zero-order valence-corrected chi connectivity index (χ0v) is 14.8. The largest absolute Gasteiger partial charge is 0.337 e. The molecule has 2 atom stereocenters. The van der Waals surface area contributed by atoms with Crippen LogP contribution in [0.1, 0.15) is 30.2 Å². The molecule has 2 aliphatic rings. The number of nitrogens with zero attached hydrogens (tertiary/aromatic N) is 5. The molecule has 0 amide bonds. The van der Waals surface area contributed by atoms with Crippen LogP contribution in [-0.4, -0.2) is 39.2 Å². The van der Waals surface area contributed by atoms with Crippen molar-refractivity contribution in [3.63, 3.8) is 0 Å². The average Bonchev–Trinajstić information content (AvgIpc) is 3.04. The summed E-state index contributed by atoms with van der Waals surface area (Å²) in [5.41, 5.74) is 3.90. The van der Waals surface area contributed by atoms with Crippen LogP contribution in [0.15, 0.2) is 34.5 Å². The van der Waals surface area contributed by atoms with Crippen molar-refractivity contribution < 1.29 is 0 Å². The number of aryl methyl sites for hydroxylation is 2. The Hall–Kier alpha value is -2.34. The fourth-order valence-electron chi connectivity index (χ4n) is 3.43. The third-order valence-corrected chi connectivity index (χ3v) is 4.95. The van der Waals surface area contributed by atoms with Gasteiger partial charge in [-0.1, -0.05) is 23.7 Å². The van der Waals surface area contributed by atoms with Crippen LogP contribution < -0.4 is 5.32 Å². The van der Waals surface area contributed by atoms with E-state index in [4.69, 9.17) is 16.6 Å². The molecule has 6 nitrogen and oxygen atoms in total. The van der Waals surface area contributed by atoms with Crippen LogP contribution in [-0.2, 0) is 0 Å². The summed E-state index contributed by atoms with van der Waals surface area (Å²) in [7, 11) is 1.98. The minimum absolute atomic E-state index is 0.0271. The quantitative estimate of drug-likeness (QED) is 0.865. The van der Waals surface area contributed by atoms with E-state index in [9.17, 15) is 0 Å². The van der Waals surface area contributed by atoms with Gasteiger partial charge in [0.15, 0.2) is 12.0 Å². The second-order valence-corrected chi connectivity index (χ2v) is 6.68. The maximum atomic E-state index is 6.37. The zero-order valence-electron chi connectivity index (χ0n) is 14.1. The molecule has 1 aromatic carbocycles. The molecule has 4 rings (SSSR count). The maximum Gasteiger partial charge on any atom is 0.152 e. The van der Waals surface area contributed by atoms with Gasteiger partial charge in [-0.05, 0) is 32.4 Å². The summed E-state index contributed by atoms with van der Waals surface area (Å²) in [6.07, 6.45) is 1.89. The van der Waals surface area contributed by atoms with E-state index in [1.54, 1.807) is 0 Å². The molecule has 124 valence electrons. The summed E-state index contributed by atoms with van der Waals surface area (Å²) in [6, 6.07) is 5.82. The Balaban J connectivity index is 1.82. The number of likely N-dealkylation sites (N-methyl/N-ethyl adjacent to an activating group) is 1. The first-order chi connectivity index (χ1) is 11.5. The molecule has 0 aliphatic carbocycles. The number of hydrazone groups is 1. The Morgan fingerprint density at radius 3 is 2.75 bits per heavy atom. The van der Waals surface area contributed by atoms with Crippen LogP contribution in [0.3, 0.4) is 0 Å². The van der Waals surface area contributed by atoms with E-state index in [0.717, 1.165) is 34.3 Å². The van der Waals surface area contributed by atoms with E-state index in [1.807, 2.05) is 57.2 Å². The van der Waals surface area contributed by atoms with Gasteiger partial charge in [-0.25, -0.2) is 4.98 Å². The van der Waals surface area contributed by atoms with Crippen molar-refractivity contribution in [3.8, 4) is 0 Å². The highest BCUT2D eigenvalue weighted by Crippen LogP contribution is 2.34. The number of amidine groups is 1. The van der Waals surface area contributed by atoms with E-state index in [2.05, 4.69) is 20.0 Å². The SMILES string of the molecule is CC1=NN(C)C2C1N=C(Nc1c(C)cccc1Cl)c1cnc(C)n12. The monoisotopic (exact) mass is 342 g/mol. The molecule has 0 saturated heterocycles. The highest BCUT2D eigenvalue weighted by Gasteiger charge is 2.40. The van der Waals surface area contributed by atoms with Gasteiger partial charge in [0, 0.05) is 7.05 Å². The molecule has 1 aromatic heterocycles. The van der Waals surface area contributed by atoms with Crippen LogP contribution in [0.5, 0.6) is 0 Å². The molecular weight excluding hydrogens is 324 g/mol. The number of fused-ring (bicyclic) bond motifs is 3. The van der Waals surface area contributed by atoms with Gasteiger partial charge in [0.25, 0.3) is 0 Å². The van der Waals surface area contributed by atoms with Crippen LogP contribution >= 0.6 is 11.6 Å². The lowest BCUT2D eigenvalue weighted by Crippen LogP contribution is -2.39. The third-order valence-electron chi connectivity index (χ3n) is 4.63. The molecule has 1 N–H and O–H groups in total.